The summed E-state index contributed by atoms with van der Waals surface area (Å²) in [6, 6.07) is 8.33. The number of rotatable bonds is 5. The third-order valence-corrected chi connectivity index (χ3v) is 6.69. The van der Waals surface area contributed by atoms with E-state index in [0.717, 1.165) is 17.2 Å². The summed E-state index contributed by atoms with van der Waals surface area (Å²) in [6.45, 7) is 8.15. The van der Waals surface area contributed by atoms with E-state index in [1.54, 1.807) is 22.8 Å². The van der Waals surface area contributed by atoms with Gasteiger partial charge in [0.25, 0.3) is 0 Å². The number of carbonyl (C=O) groups excluding carboxylic acids is 2. The molecule has 1 unspecified atom stereocenters. The summed E-state index contributed by atoms with van der Waals surface area (Å²) in [4.78, 5) is 41.1. The molecular weight excluding hydrogens is 464 g/mol. The average Bonchev–Trinajstić information content (AvgIpc) is 2.84. The Kier molecular flexibility index (Phi) is 7.06. The molecule has 0 spiro atoms. The van der Waals surface area contributed by atoms with E-state index in [1.807, 2.05) is 38.1 Å². The standard InChI is InChI=1S/C28H29F2N3O3/c1-5-31-16-22(24(35)11-10-20-8-6-17(2)7-9-20)28(36)21-14-23(29)27(25(30)26(21)31)32-12-13-33(19(4)34)18(3)15-32/h6-11,14,16,18H,5,12-13,15H2,1-4H3. The van der Waals surface area contributed by atoms with Crippen LogP contribution in [0.2, 0.25) is 0 Å². The molecule has 188 valence electrons. The molecule has 6 nitrogen and oxygen atoms in total. The molecule has 0 aliphatic carbocycles. The van der Waals surface area contributed by atoms with Gasteiger partial charge >= 0.3 is 0 Å². The highest BCUT2D eigenvalue weighted by Gasteiger charge is 2.30. The SMILES string of the molecule is CCn1cc(C(=O)C=Cc2ccc(C)cc2)c(=O)c2cc(F)c(N3CCN(C(C)=O)C(C)C3)c(F)c21. The van der Waals surface area contributed by atoms with Crippen molar-refractivity contribution in [2.24, 2.45) is 0 Å². The van der Waals surface area contributed by atoms with Gasteiger partial charge in [0, 0.05) is 45.3 Å². The summed E-state index contributed by atoms with van der Waals surface area (Å²) in [5.74, 6) is -2.34. The number of fused-ring (bicyclic) bond motifs is 1. The van der Waals surface area contributed by atoms with Gasteiger partial charge in [-0.05, 0) is 38.5 Å². The molecule has 2 heterocycles. The number of benzene rings is 2. The summed E-state index contributed by atoms with van der Waals surface area (Å²) in [7, 11) is 0. The predicted molar refractivity (Wildman–Crippen MR) is 137 cm³/mol. The van der Waals surface area contributed by atoms with Crippen molar-refractivity contribution in [2.45, 2.75) is 40.3 Å². The number of piperazine rings is 1. The van der Waals surface area contributed by atoms with Crippen molar-refractivity contribution in [2.75, 3.05) is 24.5 Å². The van der Waals surface area contributed by atoms with Crippen LogP contribution in [0.5, 0.6) is 0 Å². The molecule has 0 radical (unpaired) electrons. The Hall–Kier alpha value is -3.81. The number of allylic oxidation sites excluding steroid dienone is 1. The van der Waals surface area contributed by atoms with Crippen molar-refractivity contribution >= 4 is 34.4 Å². The molecule has 1 atom stereocenters. The van der Waals surface area contributed by atoms with Crippen LogP contribution in [0.25, 0.3) is 17.0 Å². The molecule has 1 amide bonds. The molecule has 0 N–H and O–H groups in total. The molecule has 8 heteroatoms. The van der Waals surface area contributed by atoms with Crippen LogP contribution in [-0.2, 0) is 11.3 Å². The number of aromatic nitrogens is 1. The highest BCUT2D eigenvalue weighted by molar-refractivity contribution is 6.08. The number of hydrogen-bond donors (Lipinski definition) is 0. The van der Waals surface area contributed by atoms with E-state index in [0.29, 0.717) is 6.54 Å². The number of ketones is 1. The fraction of sp³-hybridized carbons (Fsp3) is 0.321. The molecule has 4 rings (SSSR count). The molecule has 36 heavy (non-hydrogen) atoms. The normalized spacial score (nSPS) is 16.2. The lowest BCUT2D eigenvalue weighted by Gasteiger charge is -2.40. The Bertz CT molecular complexity index is 1430. The molecule has 1 aliphatic heterocycles. The highest BCUT2D eigenvalue weighted by atomic mass is 19.1. The summed E-state index contributed by atoms with van der Waals surface area (Å²) in [6.07, 6.45) is 4.24. The van der Waals surface area contributed by atoms with E-state index in [-0.39, 0.29) is 53.7 Å². The van der Waals surface area contributed by atoms with Gasteiger partial charge in [-0.1, -0.05) is 35.9 Å². The number of anilines is 1. The highest BCUT2D eigenvalue weighted by Crippen LogP contribution is 2.31. The molecule has 0 saturated carbocycles. The molecular formula is C28H29F2N3O3. The van der Waals surface area contributed by atoms with Gasteiger partial charge in [0.15, 0.2) is 11.6 Å². The smallest absolute Gasteiger partial charge is 0.219 e. The molecule has 0 bridgehead atoms. The number of nitrogens with zero attached hydrogens (tertiary/aromatic N) is 3. The number of hydrogen-bond acceptors (Lipinski definition) is 4. The zero-order valence-electron chi connectivity index (χ0n) is 20.8. The molecule has 2 aromatic carbocycles. The number of aryl methyl sites for hydroxylation is 2. The largest absolute Gasteiger partial charge is 0.363 e. The van der Waals surface area contributed by atoms with Crippen LogP contribution in [0.1, 0.15) is 42.3 Å². The maximum Gasteiger partial charge on any atom is 0.219 e. The Balaban J connectivity index is 1.76. The summed E-state index contributed by atoms with van der Waals surface area (Å²) < 4.78 is 32.6. The second kappa shape index (κ2) is 10.0. The Labute approximate surface area is 208 Å². The second-order valence-electron chi connectivity index (χ2n) is 9.19. The fourth-order valence-corrected chi connectivity index (χ4v) is 4.76. The van der Waals surface area contributed by atoms with Gasteiger partial charge in [0.2, 0.25) is 11.3 Å². The predicted octanol–water partition coefficient (Wildman–Crippen LogP) is 4.56. The molecule has 1 fully saturated rings. The third kappa shape index (κ3) is 4.67. The van der Waals surface area contributed by atoms with E-state index in [1.165, 1.54) is 23.8 Å². The van der Waals surface area contributed by atoms with E-state index in [9.17, 15) is 14.4 Å². The van der Waals surface area contributed by atoms with Crippen molar-refractivity contribution in [3.8, 4) is 0 Å². The number of amides is 1. The minimum Gasteiger partial charge on any atom is -0.363 e. The molecule has 3 aromatic rings. The zero-order valence-corrected chi connectivity index (χ0v) is 20.8. The number of halogens is 2. The van der Waals surface area contributed by atoms with Crippen LogP contribution in [-0.4, -0.2) is 46.8 Å². The van der Waals surface area contributed by atoms with Gasteiger partial charge in [0.1, 0.15) is 11.5 Å². The van der Waals surface area contributed by atoms with Crippen LogP contribution in [0.4, 0.5) is 14.5 Å². The Morgan fingerprint density at radius 3 is 2.44 bits per heavy atom. The number of carbonyl (C=O) groups is 2. The first kappa shape index (κ1) is 25.3. The van der Waals surface area contributed by atoms with Crippen LogP contribution in [0, 0.1) is 18.6 Å². The van der Waals surface area contributed by atoms with Crippen molar-refractivity contribution in [3.63, 3.8) is 0 Å². The molecule has 1 aliphatic rings. The van der Waals surface area contributed by atoms with E-state index in [2.05, 4.69) is 0 Å². The quantitative estimate of drug-likeness (QED) is 0.386. The maximum atomic E-state index is 15.8. The van der Waals surface area contributed by atoms with E-state index >= 15 is 8.78 Å². The van der Waals surface area contributed by atoms with Crippen LogP contribution in [0.15, 0.2) is 47.4 Å². The minimum atomic E-state index is -0.872. The topological polar surface area (TPSA) is 62.6 Å². The summed E-state index contributed by atoms with van der Waals surface area (Å²) in [5, 5.41) is -0.180. The van der Waals surface area contributed by atoms with Crippen LogP contribution in [0.3, 0.4) is 0 Å². The minimum absolute atomic E-state index is 0.0420. The third-order valence-electron chi connectivity index (χ3n) is 6.69. The van der Waals surface area contributed by atoms with Crippen molar-refractivity contribution < 1.29 is 18.4 Å². The van der Waals surface area contributed by atoms with Crippen molar-refractivity contribution in [1.82, 2.24) is 9.47 Å². The van der Waals surface area contributed by atoms with Crippen molar-refractivity contribution in [3.05, 3.63) is 81.2 Å². The Morgan fingerprint density at radius 2 is 1.83 bits per heavy atom. The van der Waals surface area contributed by atoms with E-state index < -0.39 is 22.8 Å². The first-order valence-corrected chi connectivity index (χ1v) is 12.0. The van der Waals surface area contributed by atoms with E-state index in [4.69, 9.17) is 0 Å². The Morgan fingerprint density at radius 1 is 1.14 bits per heavy atom. The maximum absolute atomic E-state index is 15.8. The van der Waals surface area contributed by atoms with Gasteiger partial charge < -0.3 is 14.4 Å². The van der Waals surface area contributed by atoms with Gasteiger partial charge in [-0.2, -0.15) is 0 Å². The first-order chi connectivity index (χ1) is 17.1. The summed E-state index contributed by atoms with van der Waals surface area (Å²) >= 11 is 0. The number of pyridine rings is 1. The van der Waals surface area contributed by atoms with Gasteiger partial charge in [-0.15, -0.1) is 0 Å². The lowest BCUT2D eigenvalue weighted by Crippen LogP contribution is -2.54. The fourth-order valence-electron chi connectivity index (χ4n) is 4.76. The van der Waals surface area contributed by atoms with Crippen LogP contribution < -0.4 is 10.3 Å². The zero-order chi connectivity index (χ0) is 26.1. The first-order valence-electron chi connectivity index (χ1n) is 12.0. The van der Waals surface area contributed by atoms with Crippen molar-refractivity contribution in [1.29, 1.82) is 0 Å². The van der Waals surface area contributed by atoms with Gasteiger partial charge in [-0.25, -0.2) is 8.78 Å². The second-order valence-corrected chi connectivity index (χ2v) is 9.19. The summed E-state index contributed by atoms with van der Waals surface area (Å²) in [5.41, 5.74) is 0.747. The lowest BCUT2D eigenvalue weighted by atomic mass is 10.0. The molecule has 1 saturated heterocycles. The lowest BCUT2D eigenvalue weighted by molar-refractivity contribution is -0.131. The van der Waals surface area contributed by atoms with Gasteiger partial charge in [-0.3, -0.25) is 14.4 Å². The van der Waals surface area contributed by atoms with Crippen LogP contribution >= 0.6 is 0 Å². The van der Waals surface area contributed by atoms with Gasteiger partial charge in [0.05, 0.1) is 16.5 Å². The molecule has 1 aromatic heterocycles. The monoisotopic (exact) mass is 493 g/mol. The average molecular weight is 494 g/mol.